The number of hydrazine groups is 1. The van der Waals surface area contributed by atoms with Crippen molar-refractivity contribution in [3.8, 4) is 0 Å². The molecule has 1 aromatic carbocycles. The summed E-state index contributed by atoms with van der Waals surface area (Å²) in [7, 11) is -2.70. The van der Waals surface area contributed by atoms with Gasteiger partial charge in [0.05, 0.1) is 22.1 Å². The Bertz CT molecular complexity index is 1410. The number of aromatic nitrogens is 3. The zero-order valence-corrected chi connectivity index (χ0v) is 24.0. The number of para-hydroxylation sites is 1. The zero-order chi connectivity index (χ0) is 27.8. The SMILES string of the molecule is CC(C)(C)OC(=O)N1CCCC[C@@H](n2c(N(N)C(=O)c3ccnc(P(C)(C)=O)c3)nc3cccc(Cl)c32)C1. The lowest BCUT2D eigenvalue weighted by molar-refractivity contribution is 0.0237. The number of likely N-dealkylation sites (tertiary alicyclic amines) is 1. The summed E-state index contributed by atoms with van der Waals surface area (Å²) in [5.74, 6) is 6.09. The lowest BCUT2D eigenvalue weighted by Gasteiger charge is -2.30. The molecule has 0 radical (unpaired) electrons. The van der Waals surface area contributed by atoms with Gasteiger partial charge in [0, 0.05) is 24.8 Å². The van der Waals surface area contributed by atoms with Gasteiger partial charge in [0.15, 0.2) is 0 Å². The fraction of sp³-hybridized carbons (Fsp3) is 0.462. The first-order valence-corrected chi connectivity index (χ1v) is 15.5. The number of amides is 2. The van der Waals surface area contributed by atoms with Crippen LogP contribution in [0.4, 0.5) is 10.7 Å². The molecule has 3 aromatic rings. The number of fused-ring (bicyclic) bond motifs is 1. The van der Waals surface area contributed by atoms with Crippen LogP contribution in [-0.2, 0) is 9.30 Å². The van der Waals surface area contributed by atoms with E-state index in [2.05, 4.69) is 9.97 Å². The maximum atomic E-state index is 13.5. The molecule has 2 aromatic heterocycles. The first kappa shape index (κ1) is 28.1. The second-order valence-electron chi connectivity index (χ2n) is 10.9. The Labute approximate surface area is 227 Å². The molecule has 0 unspecified atom stereocenters. The van der Waals surface area contributed by atoms with Crippen LogP contribution in [0.3, 0.4) is 0 Å². The molecule has 12 heteroatoms. The lowest BCUT2D eigenvalue weighted by atomic mass is 10.1. The van der Waals surface area contributed by atoms with Gasteiger partial charge in [-0.2, -0.15) is 0 Å². The number of pyridine rings is 1. The molecular formula is C26H34ClN6O4P. The second kappa shape index (κ2) is 10.7. The van der Waals surface area contributed by atoms with Crippen molar-refractivity contribution < 1.29 is 18.9 Å². The Morgan fingerprint density at radius 2 is 1.95 bits per heavy atom. The highest BCUT2D eigenvalue weighted by Gasteiger charge is 2.32. The van der Waals surface area contributed by atoms with Crippen LogP contribution in [0.15, 0.2) is 36.5 Å². The number of nitrogens with zero attached hydrogens (tertiary/aromatic N) is 5. The molecule has 2 N–H and O–H groups in total. The molecule has 0 spiro atoms. The summed E-state index contributed by atoms with van der Waals surface area (Å²) in [4.78, 5) is 37.0. The van der Waals surface area contributed by atoms with Gasteiger partial charge < -0.3 is 18.8 Å². The van der Waals surface area contributed by atoms with Crippen molar-refractivity contribution in [1.82, 2.24) is 19.4 Å². The largest absolute Gasteiger partial charge is 0.444 e. The summed E-state index contributed by atoms with van der Waals surface area (Å²) < 4.78 is 20.1. The maximum Gasteiger partial charge on any atom is 0.410 e. The number of carbonyl (C=O) groups is 2. The highest BCUT2D eigenvalue weighted by atomic mass is 35.5. The number of hydrogen-bond donors (Lipinski definition) is 1. The van der Waals surface area contributed by atoms with Crippen LogP contribution < -0.4 is 16.3 Å². The number of anilines is 1. The van der Waals surface area contributed by atoms with Crippen LogP contribution in [0.5, 0.6) is 0 Å². The van der Waals surface area contributed by atoms with Crippen LogP contribution in [0, 0.1) is 0 Å². The molecule has 2 amide bonds. The monoisotopic (exact) mass is 560 g/mol. The standard InChI is InChI=1S/C26H34ClN6O4P/c1-26(2,3)37-25(35)31-14-7-6-9-18(16-31)32-22-19(27)10-8-11-20(22)30-24(32)33(28)23(34)17-12-13-29-21(15-17)38(4,5)36/h8,10-13,15,18H,6-7,9,14,16,28H2,1-5H3/t18-/m1/s1. The summed E-state index contributed by atoms with van der Waals surface area (Å²) in [5.41, 5.74) is 1.16. The molecular weight excluding hydrogens is 527 g/mol. The van der Waals surface area contributed by atoms with E-state index in [-0.39, 0.29) is 17.6 Å². The Morgan fingerprint density at radius 1 is 1.21 bits per heavy atom. The van der Waals surface area contributed by atoms with E-state index in [0.717, 1.165) is 24.3 Å². The number of ether oxygens (including phenoxy) is 1. The van der Waals surface area contributed by atoms with E-state index in [1.807, 2.05) is 25.3 Å². The molecule has 0 aliphatic carbocycles. The minimum absolute atomic E-state index is 0.198. The van der Waals surface area contributed by atoms with Crippen molar-refractivity contribution in [3.63, 3.8) is 0 Å². The van der Waals surface area contributed by atoms with Gasteiger partial charge in [0.25, 0.3) is 5.91 Å². The predicted molar refractivity (Wildman–Crippen MR) is 150 cm³/mol. The molecule has 1 fully saturated rings. The van der Waals surface area contributed by atoms with Crippen LogP contribution >= 0.6 is 18.7 Å². The van der Waals surface area contributed by atoms with Crippen molar-refractivity contribution >= 4 is 53.2 Å². The maximum absolute atomic E-state index is 13.5. The first-order chi connectivity index (χ1) is 17.8. The smallest absolute Gasteiger partial charge is 0.410 e. The molecule has 0 saturated carbocycles. The van der Waals surface area contributed by atoms with Crippen LogP contribution in [-0.4, -0.2) is 63.5 Å². The average molecular weight is 561 g/mol. The highest BCUT2D eigenvalue weighted by molar-refractivity contribution is 7.69. The molecule has 0 bridgehead atoms. The van der Waals surface area contributed by atoms with E-state index < -0.39 is 24.7 Å². The number of imidazole rings is 1. The molecule has 4 rings (SSSR count). The summed E-state index contributed by atoms with van der Waals surface area (Å²) >= 11 is 6.64. The summed E-state index contributed by atoms with van der Waals surface area (Å²) in [6.07, 6.45) is 3.43. The zero-order valence-electron chi connectivity index (χ0n) is 22.3. The molecule has 204 valence electrons. The first-order valence-electron chi connectivity index (χ1n) is 12.5. The fourth-order valence-electron chi connectivity index (χ4n) is 4.51. The van der Waals surface area contributed by atoms with E-state index in [0.29, 0.717) is 34.6 Å². The van der Waals surface area contributed by atoms with E-state index in [1.165, 1.54) is 18.3 Å². The van der Waals surface area contributed by atoms with Crippen molar-refractivity contribution in [3.05, 3.63) is 47.1 Å². The van der Waals surface area contributed by atoms with Crippen LogP contribution in [0.1, 0.15) is 56.4 Å². The van der Waals surface area contributed by atoms with Gasteiger partial charge in [-0.25, -0.2) is 20.6 Å². The van der Waals surface area contributed by atoms with Gasteiger partial charge in [-0.05, 0) is 77.6 Å². The number of hydrogen-bond acceptors (Lipinski definition) is 7. The quantitative estimate of drug-likeness (QED) is 0.210. The summed E-state index contributed by atoms with van der Waals surface area (Å²) in [6.45, 7) is 9.58. The molecule has 1 aliphatic heterocycles. The number of halogens is 1. The third-order valence-electron chi connectivity index (χ3n) is 6.28. The lowest BCUT2D eigenvalue weighted by Crippen LogP contribution is -2.42. The Hall–Kier alpha value is -2.94. The van der Waals surface area contributed by atoms with E-state index >= 15 is 0 Å². The normalized spacial score (nSPS) is 16.8. The summed E-state index contributed by atoms with van der Waals surface area (Å²) in [5, 5.41) is 1.44. The number of nitrogens with two attached hydrogens (primary N) is 1. The van der Waals surface area contributed by atoms with Crippen molar-refractivity contribution in [2.45, 2.75) is 51.7 Å². The van der Waals surface area contributed by atoms with Gasteiger partial charge in [0.1, 0.15) is 18.2 Å². The molecule has 3 heterocycles. The van der Waals surface area contributed by atoms with Crippen molar-refractivity contribution in [2.24, 2.45) is 5.84 Å². The average Bonchev–Trinajstić information content (AvgIpc) is 3.06. The highest BCUT2D eigenvalue weighted by Crippen LogP contribution is 2.36. The van der Waals surface area contributed by atoms with Gasteiger partial charge in [0.2, 0.25) is 5.95 Å². The Kier molecular flexibility index (Phi) is 7.89. The molecule has 1 atom stereocenters. The van der Waals surface area contributed by atoms with Crippen molar-refractivity contribution in [1.29, 1.82) is 0 Å². The third kappa shape index (κ3) is 6.03. The second-order valence-corrected chi connectivity index (χ2v) is 14.5. The molecule has 1 saturated heterocycles. The molecule has 10 nitrogen and oxygen atoms in total. The van der Waals surface area contributed by atoms with Gasteiger partial charge in [-0.1, -0.05) is 17.7 Å². The molecule has 38 heavy (non-hydrogen) atoms. The molecule has 1 aliphatic rings. The third-order valence-corrected chi connectivity index (χ3v) is 7.94. The van der Waals surface area contributed by atoms with Crippen LogP contribution in [0.25, 0.3) is 11.0 Å². The fourth-order valence-corrected chi connectivity index (χ4v) is 5.56. The number of benzene rings is 1. The van der Waals surface area contributed by atoms with Gasteiger partial charge in [-0.15, -0.1) is 0 Å². The number of rotatable bonds is 4. The predicted octanol–water partition coefficient (Wildman–Crippen LogP) is 4.82. The Morgan fingerprint density at radius 3 is 2.63 bits per heavy atom. The van der Waals surface area contributed by atoms with Gasteiger partial charge in [-0.3, -0.25) is 9.78 Å². The minimum atomic E-state index is -2.70. The van der Waals surface area contributed by atoms with E-state index in [9.17, 15) is 14.2 Å². The minimum Gasteiger partial charge on any atom is -0.444 e. The number of carbonyl (C=O) groups excluding carboxylic acids is 2. The van der Waals surface area contributed by atoms with Crippen molar-refractivity contribution in [2.75, 3.05) is 31.4 Å². The topological polar surface area (TPSA) is 124 Å². The van der Waals surface area contributed by atoms with E-state index in [4.69, 9.17) is 22.2 Å². The van der Waals surface area contributed by atoms with E-state index in [1.54, 1.807) is 36.4 Å². The van der Waals surface area contributed by atoms with Gasteiger partial charge >= 0.3 is 6.09 Å². The van der Waals surface area contributed by atoms with Crippen LogP contribution in [0.2, 0.25) is 5.02 Å². The Balaban J connectivity index is 1.77. The summed E-state index contributed by atoms with van der Waals surface area (Å²) in [6, 6.07) is 8.10.